The summed E-state index contributed by atoms with van der Waals surface area (Å²) in [7, 11) is 0. The molecule has 3 N–H and O–H groups in total. The molecule has 0 atom stereocenters. The lowest BCUT2D eigenvalue weighted by molar-refractivity contribution is 0.0698. The number of amides is 4. The van der Waals surface area contributed by atoms with Crippen molar-refractivity contribution < 1.29 is 24.9 Å². The van der Waals surface area contributed by atoms with Crippen LogP contribution in [0.5, 0.6) is 17.2 Å². The first-order chi connectivity index (χ1) is 24.5. The van der Waals surface area contributed by atoms with Gasteiger partial charge in [0.2, 0.25) is 0 Å². The Labute approximate surface area is 323 Å². The first kappa shape index (κ1) is 42.0. The maximum Gasteiger partial charge on any atom is 0.330 e. The zero-order valence-corrected chi connectivity index (χ0v) is 35.2. The lowest BCUT2D eigenvalue weighted by Crippen LogP contribution is -2.59. The third-order valence-corrected chi connectivity index (χ3v) is 10.1. The second-order valence-electron chi connectivity index (χ2n) is 19.4. The highest BCUT2D eigenvalue weighted by molar-refractivity contribution is 5.95. The number of hydrogen-bond donors (Lipinski definition) is 3. The lowest BCUT2D eigenvalue weighted by atomic mass is 9.78. The number of nitrogens with zero attached hydrogens (tertiary/aromatic N) is 3. The standard InChI is InChI=1S/C46H63N3O5/c1-27(2)32-17-29(18-33(28(3)4)38(32)50)25-49-41(53)47(23-30-19-34(43(5,6)7)39(51)35(20-30)44(8,9)10)26-48(42(49)54)24-31-21-36(45(11,12)13)40(52)37(22-31)46(14,15)16/h17-22,50-52H,1,3,23-26H2,2,4-16H3. The van der Waals surface area contributed by atoms with E-state index < -0.39 is 12.1 Å². The average molecular weight is 738 g/mol. The van der Waals surface area contributed by atoms with Gasteiger partial charge < -0.3 is 25.1 Å². The highest BCUT2D eigenvalue weighted by Crippen LogP contribution is 2.42. The summed E-state index contributed by atoms with van der Waals surface area (Å²) >= 11 is 0. The molecule has 0 saturated carbocycles. The number of hydrogen-bond acceptors (Lipinski definition) is 5. The molecule has 1 fully saturated rings. The summed E-state index contributed by atoms with van der Waals surface area (Å²) in [4.78, 5) is 33.7. The molecule has 3 aromatic carbocycles. The second kappa shape index (κ2) is 14.5. The molecule has 0 radical (unpaired) electrons. The van der Waals surface area contributed by atoms with E-state index in [0.29, 0.717) is 27.8 Å². The van der Waals surface area contributed by atoms with E-state index in [4.69, 9.17) is 0 Å². The molecule has 292 valence electrons. The molecule has 4 amide bonds. The van der Waals surface area contributed by atoms with Crippen LogP contribution in [0.2, 0.25) is 0 Å². The number of allylic oxidation sites excluding steroid dienone is 2. The zero-order chi connectivity index (χ0) is 41.0. The van der Waals surface area contributed by atoms with E-state index in [2.05, 4.69) is 96.2 Å². The van der Waals surface area contributed by atoms with E-state index in [1.54, 1.807) is 35.8 Å². The fraction of sp³-hybridized carbons (Fsp3) is 0.478. The van der Waals surface area contributed by atoms with Crippen LogP contribution < -0.4 is 0 Å². The average Bonchev–Trinajstić information content (AvgIpc) is 3.01. The van der Waals surface area contributed by atoms with Crippen molar-refractivity contribution in [2.24, 2.45) is 0 Å². The van der Waals surface area contributed by atoms with Crippen LogP contribution in [0.15, 0.2) is 49.6 Å². The van der Waals surface area contributed by atoms with E-state index >= 15 is 0 Å². The van der Waals surface area contributed by atoms with Gasteiger partial charge in [-0.1, -0.05) is 96.2 Å². The van der Waals surface area contributed by atoms with Crippen molar-refractivity contribution in [3.63, 3.8) is 0 Å². The quantitative estimate of drug-likeness (QED) is 0.213. The summed E-state index contributed by atoms with van der Waals surface area (Å²) in [6.45, 7) is 36.7. The number of rotatable bonds is 8. The topological polar surface area (TPSA) is 105 Å². The molecule has 1 aliphatic rings. The molecule has 1 heterocycles. The van der Waals surface area contributed by atoms with Crippen molar-refractivity contribution in [3.05, 3.63) is 99.6 Å². The van der Waals surface area contributed by atoms with Crippen LogP contribution in [0, 0.1) is 0 Å². The third-order valence-electron chi connectivity index (χ3n) is 10.1. The van der Waals surface area contributed by atoms with Crippen molar-refractivity contribution in [1.29, 1.82) is 0 Å². The van der Waals surface area contributed by atoms with Crippen LogP contribution in [0.25, 0.3) is 11.1 Å². The molecule has 0 aliphatic carbocycles. The van der Waals surface area contributed by atoms with Gasteiger partial charge in [0.15, 0.2) is 0 Å². The number of imide groups is 1. The smallest absolute Gasteiger partial charge is 0.330 e. The van der Waals surface area contributed by atoms with Gasteiger partial charge in [-0.25, -0.2) is 14.5 Å². The van der Waals surface area contributed by atoms with Crippen LogP contribution in [-0.2, 0) is 41.3 Å². The van der Waals surface area contributed by atoms with Gasteiger partial charge in [-0.05, 0) is 122 Å². The van der Waals surface area contributed by atoms with Crippen molar-refractivity contribution in [1.82, 2.24) is 14.7 Å². The molecule has 0 bridgehead atoms. The van der Waals surface area contributed by atoms with Gasteiger partial charge in [-0.15, -0.1) is 0 Å². The SMILES string of the molecule is C=C(C)c1cc(CN2C(=O)N(Cc3cc(C(C)(C)C)c(O)c(C(C)(C)C)c3)CN(Cc3cc(C(C)(C)C)c(O)c(C(C)(C)C)c3)C2=O)cc(C(=C)C)c1O. The Bertz CT molecular complexity index is 1790. The molecular weight excluding hydrogens is 675 g/mol. The molecule has 0 unspecified atom stereocenters. The summed E-state index contributed by atoms with van der Waals surface area (Å²) in [5.74, 6) is 0.576. The Kier molecular flexibility index (Phi) is 11.3. The summed E-state index contributed by atoms with van der Waals surface area (Å²) in [5, 5.41) is 33.9. The van der Waals surface area contributed by atoms with E-state index in [-0.39, 0.29) is 65.2 Å². The number of phenols is 3. The molecule has 1 aliphatic heterocycles. The van der Waals surface area contributed by atoms with Gasteiger partial charge in [-0.2, -0.15) is 0 Å². The Morgan fingerprint density at radius 1 is 0.519 bits per heavy atom. The van der Waals surface area contributed by atoms with Crippen molar-refractivity contribution in [3.8, 4) is 17.2 Å². The minimum atomic E-state index is -0.447. The van der Waals surface area contributed by atoms with Gasteiger partial charge in [0, 0.05) is 24.2 Å². The van der Waals surface area contributed by atoms with Crippen molar-refractivity contribution in [2.45, 2.75) is 138 Å². The molecule has 0 spiro atoms. The number of carbonyl (C=O) groups is 2. The Morgan fingerprint density at radius 3 is 1.06 bits per heavy atom. The van der Waals surface area contributed by atoms with Crippen LogP contribution in [0.3, 0.4) is 0 Å². The summed E-state index contributed by atoms with van der Waals surface area (Å²) in [6.07, 6.45) is 0. The summed E-state index contributed by atoms with van der Waals surface area (Å²) < 4.78 is 0. The maximum absolute atomic E-state index is 14.5. The maximum atomic E-state index is 14.5. The highest BCUT2D eigenvalue weighted by atomic mass is 16.3. The lowest BCUT2D eigenvalue weighted by Gasteiger charge is -2.42. The second-order valence-corrected chi connectivity index (χ2v) is 19.4. The molecule has 3 aromatic rings. The van der Waals surface area contributed by atoms with E-state index in [9.17, 15) is 24.9 Å². The van der Waals surface area contributed by atoms with Gasteiger partial charge >= 0.3 is 12.1 Å². The monoisotopic (exact) mass is 737 g/mol. The predicted molar refractivity (Wildman–Crippen MR) is 221 cm³/mol. The van der Waals surface area contributed by atoms with Crippen LogP contribution in [-0.4, -0.2) is 48.8 Å². The van der Waals surface area contributed by atoms with E-state index in [1.165, 1.54) is 4.90 Å². The number of phenolic OH excluding ortho intramolecular Hbond substituents is 3. The minimum Gasteiger partial charge on any atom is -0.507 e. The van der Waals surface area contributed by atoms with Crippen LogP contribution in [0.4, 0.5) is 9.59 Å². The highest BCUT2D eigenvalue weighted by Gasteiger charge is 2.39. The third kappa shape index (κ3) is 8.80. The number of carbonyl (C=O) groups excluding carboxylic acids is 2. The number of urea groups is 2. The fourth-order valence-electron chi connectivity index (χ4n) is 7.04. The Morgan fingerprint density at radius 2 is 0.796 bits per heavy atom. The molecular formula is C46H63N3O5. The zero-order valence-electron chi connectivity index (χ0n) is 35.2. The summed E-state index contributed by atoms with van der Waals surface area (Å²) in [5.41, 5.74) is 6.37. The fourth-order valence-corrected chi connectivity index (χ4v) is 7.04. The molecule has 4 rings (SSSR count). The minimum absolute atomic E-state index is 0.0327. The van der Waals surface area contributed by atoms with Crippen molar-refractivity contribution >= 4 is 23.2 Å². The number of benzene rings is 3. The Balaban J connectivity index is 1.89. The van der Waals surface area contributed by atoms with Gasteiger partial charge in [0.1, 0.15) is 17.2 Å². The predicted octanol–water partition coefficient (Wildman–Crippen LogP) is 11.1. The summed E-state index contributed by atoms with van der Waals surface area (Å²) in [6, 6.07) is 10.5. The van der Waals surface area contributed by atoms with Crippen LogP contribution in [0.1, 0.15) is 147 Å². The molecule has 8 heteroatoms. The van der Waals surface area contributed by atoms with Crippen molar-refractivity contribution in [2.75, 3.05) is 6.67 Å². The molecule has 0 aromatic heterocycles. The molecule has 1 saturated heterocycles. The normalized spacial score (nSPS) is 14.6. The van der Waals surface area contributed by atoms with Gasteiger partial charge in [0.25, 0.3) is 0 Å². The first-order valence-corrected chi connectivity index (χ1v) is 18.8. The van der Waals surface area contributed by atoms with E-state index in [0.717, 1.165) is 33.4 Å². The van der Waals surface area contributed by atoms with Gasteiger partial charge in [0.05, 0.1) is 13.2 Å². The van der Waals surface area contributed by atoms with Gasteiger partial charge in [-0.3, -0.25) is 0 Å². The molecule has 8 nitrogen and oxygen atoms in total. The van der Waals surface area contributed by atoms with Crippen LogP contribution >= 0.6 is 0 Å². The first-order valence-electron chi connectivity index (χ1n) is 18.8. The largest absolute Gasteiger partial charge is 0.507 e. The van der Waals surface area contributed by atoms with E-state index in [1.807, 2.05) is 24.3 Å². The number of aromatic hydroxyl groups is 3. The Hall–Kier alpha value is -4.72. The molecule has 54 heavy (non-hydrogen) atoms.